The first-order chi connectivity index (χ1) is 13.1. The summed E-state index contributed by atoms with van der Waals surface area (Å²) >= 11 is 8.05. The van der Waals surface area contributed by atoms with E-state index in [2.05, 4.69) is 10.6 Å². The minimum atomic E-state index is -0.423. The van der Waals surface area contributed by atoms with E-state index in [1.54, 1.807) is 6.07 Å². The van der Waals surface area contributed by atoms with Crippen LogP contribution < -0.4 is 16.4 Å². The van der Waals surface area contributed by atoms with Crippen molar-refractivity contribution in [1.82, 2.24) is 0 Å². The average Bonchev–Trinajstić information content (AvgIpc) is 2.66. The highest BCUT2D eigenvalue weighted by Crippen LogP contribution is 2.39. The number of halogens is 1. The van der Waals surface area contributed by atoms with Crippen molar-refractivity contribution in [3.63, 3.8) is 0 Å². The van der Waals surface area contributed by atoms with Crippen LogP contribution in [0.2, 0.25) is 5.02 Å². The minimum absolute atomic E-state index is 0.243. The lowest BCUT2D eigenvalue weighted by Crippen LogP contribution is -2.54. The van der Waals surface area contributed by atoms with Gasteiger partial charge in [-0.15, -0.1) is 0 Å². The van der Waals surface area contributed by atoms with Crippen LogP contribution in [0.3, 0.4) is 0 Å². The minimum Gasteiger partial charge on any atom is -0.371 e. The second-order valence-corrected chi connectivity index (χ2v) is 8.53. The molecule has 0 aromatic heterocycles. The standard InChI is InChI=1S/C20H21ClN4OS/c21-15-3-1-2-13(10-15)12-23-19-20(6-8-27-9-7-20)25-17-11-14(18(22)26)4-5-16(17)24-19/h1-5,10-11,25H,6-9,12H2,(H2,22,26)(H,23,24). The molecule has 2 heterocycles. The highest BCUT2D eigenvalue weighted by molar-refractivity contribution is 7.99. The molecule has 140 valence electrons. The number of nitrogens with zero attached hydrogens (tertiary/aromatic N) is 1. The first kappa shape index (κ1) is 18.2. The largest absolute Gasteiger partial charge is 0.371 e. The maximum atomic E-state index is 11.5. The predicted octanol–water partition coefficient (Wildman–Crippen LogP) is 4.14. The van der Waals surface area contributed by atoms with E-state index in [0.29, 0.717) is 12.1 Å². The number of anilines is 2. The van der Waals surface area contributed by atoms with Crippen molar-refractivity contribution in [2.75, 3.05) is 22.1 Å². The summed E-state index contributed by atoms with van der Waals surface area (Å²) in [6.45, 7) is 0.564. The molecule has 0 unspecified atom stereocenters. The van der Waals surface area contributed by atoms with E-state index in [0.717, 1.165) is 52.1 Å². The molecule has 7 heteroatoms. The molecule has 5 nitrogen and oxygen atoms in total. The van der Waals surface area contributed by atoms with Gasteiger partial charge in [0.1, 0.15) is 5.84 Å². The molecule has 1 amide bonds. The SMILES string of the molecule is NC(=O)c1ccc2c(c1)NC1(CCSCC1)C(=NCc1cccc(Cl)c1)N2. The van der Waals surface area contributed by atoms with E-state index in [1.165, 1.54) is 0 Å². The summed E-state index contributed by atoms with van der Waals surface area (Å²) < 4.78 is 0. The van der Waals surface area contributed by atoms with Gasteiger partial charge in [0.2, 0.25) is 5.91 Å². The second-order valence-electron chi connectivity index (χ2n) is 6.86. The molecule has 2 aliphatic heterocycles. The number of hydrogen-bond acceptors (Lipinski definition) is 4. The van der Waals surface area contributed by atoms with Gasteiger partial charge in [-0.2, -0.15) is 11.8 Å². The van der Waals surface area contributed by atoms with Gasteiger partial charge in [0, 0.05) is 10.6 Å². The molecule has 0 saturated carbocycles. The molecule has 0 bridgehead atoms. The van der Waals surface area contributed by atoms with Gasteiger partial charge >= 0.3 is 0 Å². The number of amides is 1. The third-order valence-electron chi connectivity index (χ3n) is 5.04. The fourth-order valence-electron chi connectivity index (χ4n) is 3.55. The van der Waals surface area contributed by atoms with Crippen LogP contribution in [0.15, 0.2) is 47.5 Å². The van der Waals surface area contributed by atoms with Crippen LogP contribution in [0.5, 0.6) is 0 Å². The van der Waals surface area contributed by atoms with Crippen LogP contribution >= 0.6 is 23.4 Å². The van der Waals surface area contributed by atoms with Gasteiger partial charge in [0.05, 0.1) is 23.5 Å². The van der Waals surface area contributed by atoms with Crippen LogP contribution in [0.1, 0.15) is 28.8 Å². The summed E-state index contributed by atoms with van der Waals surface area (Å²) in [5, 5.41) is 7.88. The third-order valence-corrected chi connectivity index (χ3v) is 6.26. The third kappa shape index (κ3) is 3.77. The molecule has 4 N–H and O–H groups in total. The fraction of sp³-hybridized carbons (Fsp3) is 0.300. The lowest BCUT2D eigenvalue weighted by atomic mass is 9.87. The Balaban J connectivity index is 1.68. The molecule has 0 atom stereocenters. The number of rotatable bonds is 3. The summed E-state index contributed by atoms with van der Waals surface area (Å²) in [6, 6.07) is 13.2. The van der Waals surface area contributed by atoms with Crippen LogP contribution in [0, 0.1) is 0 Å². The molecule has 4 rings (SSSR count). The highest BCUT2D eigenvalue weighted by atomic mass is 35.5. The Hall–Kier alpha value is -2.18. The van der Waals surface area contributed by atoms with Crippen molar-refractivity contribution in [3.05, 3.63) is 58.6 Å². The summed E-state index contributed by atoms with van der Waals surface area (Å²) in [7, 11) is 0. The lowest BCUT2D eigenvalue weighted by Gasteiger charge is -2.43. The molecule has 1 spiro atoms. The topological polar surface area (TPSA) is 79.5 Å². The molecular weight excluding hydrogens is 380 g/mol. The predicted molar refractivity (Wildman–Crippen MR) is 114 cm³/mol. The number of nitrogens with two attached hydrogens (primary N) is 1. The smallest absolute Gasteiger partial charge is 0.248 e. The maximum Gasteiger partial charge on any atom is 0.248 e. The number of carbonyl (C=O) groups excluding carboxylic acids is 1. The van der Waals surface area contributed by atoms with E-state index < -0.39 is 5.91 Å². The summed E-state index contributed by atoms with van der Waals surface area (Å²) in [6.07, 6.45) is 1.94. The van der Waals surface area contributed by atoms with Crippen LogP contribution in [0.4, 0.5) is 11.4 Å². The first-order valence-corrected chi connectivity index (χ1v) is 10.5. The van der Waals surface area contributed by atoms with Crippen molar-refractivity contribution in [1.29, 1.82) is 0 Å². The Kier molecular flexibility index (Phi) is 5.02. The summed E-state index contributed by atoms with van der Waals surface area (Å²) in [4.78, 5) is 16.5. The van der Waals surface area contributed by atoms with Crippen LogP contribution in [-0.4, -0.2) is 28.8 Å². The molecule has 1 saturated heterocycles. The van der Waals surface area contributed by atoms with Crippen molar-refractivity contribution in [3.8, 4) is 0 Å². The van der Waals surface area contributed by atoms with Crippen molar-refractivity contribution >= 4 is 46.5 Å². The Morgan fingerprint density at radius 2 is 2.00 bits per heavy atom. The number of primary amides is 1. The quantitative estimate of drug-likeness (QED) is 0.723. The number of hydrogen-bond donors (Lipinski definition) is 3. The molecule has 2 aromatic rings. The lowest BCUT2D eigenvalue weighted by molar-refractivity contribution is 0.100. The number of aliphatic imine (C=N–C) groups is 1. The zero-order valence-corrected chi connectivity index (χ0v) is 16.4. The van der Waals surface area contributed by atoms with Gasteiger partial charge in [-0.05, 0) is 60.2 Å². The van der Waals surface area contributed by atoms with Gasteiger partial charge in [-0.1, -0.05) is 23.7 Å². The molecular formula is C20H21ClN4OS. The van der Waals surface area contributed by atoms with Gasteiger partial charge < -0.3 is 16.4 Å². The van der Waals surface area contributed by atoms with E-state index in [9.17, 15) is 4.79 Å². The number of thioether (sulfide) groups is 1. The highest BCUT2D eigenvalue weighted by Gasteiger charge is 2.41. The van der Waals surface area contributed by atoms with E-state index >= 15 is 0 Å². The number of fused-ring (bicyclic) bond motifs is 1. The number of amidine groups is 1. The van der Waals surface area contributed by atoms with Gasteiger partial charge in [-0.3, -0.25) is 9.79 Å². The number of benzene rings is 2. The van der Waals surface area contributed by atoms with Gasteiger partial charge in [0.15, 0.2) is 0 Å². The van der Waals surface area contributed by atoms with Crippen molar-refractivity contribution < 1.29 is 4.79 Å². The molecule has 2 aromatic carbocycles. The van der Waals surface area contributed by atoms with Gasteiger partial charge in [-0.25, -0.2) is 0 Å². The van der Waals surface area contributed by atoms with Crippen LogP contribution in [0.25, 0.3) is 0 Å². The zero-order valence-electron chi connectivity index (χ0n) is 14.8. The molecule has 0 radical (unpaired) electrons. The Morgan fingerprint density at radius 3 is 2.74 bits per heavy atom. The number of carbonyl (C=O) groups is 1. The van der Waals surface area contributed by atoms with Gasteiger partial charge in [0.25, 0.3) is 0 Å². The van der Waals surface area contributed by atoms with E-state index in [1.807, 2.05) is 48.2 Å². The number of nitrogens with one attached hydrogen (secondary N) is 2. The molecule has 0 aliphatic carbocycles. The maximum absolute atomic E-state index is 11.5. The normalized spacial score (nSPS) is 19.2. The molecule has 27 heavy (non-hydrogen) atoms. The van der Waals surface area contributed by atoms with Crippen molar-refractivity contribution in [2.45, 2.75) is 24.9 Å². The first-order valence-electron chi connectivity index (χ1n) is 8.92. The Morgan fingerprint density at radius 1 is 1.19 bits per heavy atom. The Labute approximate surface area is 167 Å². The summed E-state index contributed by atoms with van der Waals surface area (Å²) in [5.74, 6) is 2.65. The second kappa shape index (κ2) is 7.44. The van der Waals surface area contributed by atoms with Crippen molar-refractivity contribution in [2.24, 2.45) is 10.7 Å². The zero-order chi connectivity index (χ0) is 18.9. The monoisotopic (exact) mass is 400 g/mol. The summed E-state index contributed by atoms with van der Waals surface area (Å²) in [5.41, 5.74) is 8.59. The Bertz CT molecular complexity index is 909. The molecule has 2 aliphatic rings. The van der Waals surface area contributed by atoms with E-state index in [4.69, 9.17) is 22.3 Å². The fourth-order valence-corrected chi connectivity index (χ4v) is 4.95. The molecule has 1 fully saturated rings. The average molecular weight is 401 g/mol. The van der Waals surface area contributed by atoms with E-state index in [-0.39, 0.29) is 5.54 Å². The van der Waals surface area contributed by atoms with Crippen LogP contribution in [-0.2, 0) is 6.54 Å².